The van der Waals surface area contributed by atoms with Gasteiger partial charge < -0.3 is 0 Å². The number of aryl methyl sites for hydroxylation is 4. The van der Waals surface area contributed by atoms with Gasteiger partial charge in [-0.05, 0) is 97.2 Å². The van der Waals surface area contributed by atoms with Gasteiger partial charge in [0.1, 0.15) is 0 Å². The minimum atomic E-state index is 0.906. The Morgan fingerprint density at radius 2 is 0.895 bits per heavy atom. The number of halogens is 1. The molecule has 4 heteroatoms. The van der Waals surface area contributed by atoms with E-state index in [2.05, 4.69) is 118 Å². The van der Waals surface area contributed by atoms with Crippen molar-refractivity contribution >= 4 is 9.42 Å². The van der Waals surface area contributed by atoms with Crippen molar-refractivity contribution in [2.45, 2.75) is 41.5 Å². The second-order valence-corrected chi connectivity index (χ2v) is 9.81. The summed E-state index contributed by atoms with van der Waals surface area (Å²) in [6.45, 7) is 13.0. The third-order valence-corrected chi connectivity index (χ3v) is 7.39. The quantitative estimate of drug-likeness (QED) is 0.175. The Labute approximate surface area is 242 Å². The Balaban J connectivity index is 0.00000164. The molecule has 194 valence electrons. The molecule has 0 unspecified atom stereocenters. The molecule has 3 aromatic carbocycles. The first-order valence-electron chi connectivity index (χ1n) is 12.5. The second kappa shape index (κ2) is 12.2. The number of nitrogens with zero attached hydrogens (tertiary/aromatic N) is 2. The second-order valence-electron chi connectivity index (χ2n) is 9.81. The number of hydrogen-bond donors (Lipinski definition) is 0. The Hall–Kier alpha value is -3.06. The molecule has 0 saturated carbocycles. The van der Waals surface area contributed by atoms with Gasteiger partial charge in [-0.15, -0.1) is 24.3 Å². The topological polar surface area (TPSA) is 25.8 Å². The molecule has 5 aromatic rings. The van der Waals surface area contributed by atoms with E-state index in [-0.39, 0.29) is 0 Å². The normalized spacial score (nSPS) is 10.7. The average Bonchev–Trinajstić information content (AvgIpc) is 2.95. The van der Waals surface area contributed by atoms with Crippen molar-refractivity contribution in [1.82, 2.24) is 9.97 Å². The zero-order valence-corrected chi connectivity index (χ0v) is 25.6. The molecule has 0 atom stereocenters. The molecule has 0 bridgehead atoms. The third-order valence-electron chi connectivity index (χ3n) is 7.39. The number of rotatable bonds is 4. The maximum absolute atomic E-state index is 4.77. The zero-order valence-electron chi connectivity index (χ0n) is 22.6. The molecule has 0 fully saturated rings. The molecule has 0 amide bonds. The number of aromatic nitrogens is 2. The monoisotopic (exact) mass is 697 g/mol. The molecule has 2 nitrogen and oxygen atoms in total. The summed E-state index contributed by atoms with van der Waals surface area (Å²) in [5.41, 5.74) is 16.3. The molecule has 0 spiro atoms. The van der Waals surface area contributed by atoms with Crippen LogP contribution in [0.5, 0.6) is 0 Å². The van der Waals surface area contributed by atoms with Crippen LogP contribution < -0.4 is 0 Å². The Morgan fingerprint density at radius 3 is 1.21 bits per heavy atom. The molecule has 0 aliphatic carbocycles. The molecule has 2 aromatic heterocycles. The van der Waals surface area contributed by atoms with Crippen LogP contribution in [0.15, 0.2) is 79.1 Å². The van der Waals surface area contributed by atoms with E-state index in [0.29, 0.717) is 0 Å². The predicted molar refractivity (Wildman–Crippen MR) is 157 cm³/mol. The van der Waals surface area contributed by atoms with E-state index in [1.54, 1.807) is 18.8 Å². The van der Waals surface area contributed by atoms with Gasteiger partial charge in [0, 0.05) is 23.8 Å². The zero-order chi connectivity index (χ0) is 27.4. The average molecular weight is 698 g/mol. The predicted octanol–water partition coefficient (Wildman–Crippen LogP) is 9.48. The van der Waals surface area contributed by atoms with Crippen LogP contribution in [0.2, 0.25) is 0 Å². The van der Waals surface area contributed by atoms with Gasteiger partial charge in [-0.3, -0.25) is 9.97 Å². The van der Waals surface area contributed by atoms with E-state index in [1.165, 1.54) is 44.5 Å². The maximum atomic E-state index is 4.77. The van der Waals surface area contributed by atoms with E-state index in [9.17, 15) is 0 Å². The van der Waals surface area contributed by atoms with Gasteiger partial charge in [0.15, 0.2) is 0 Å². The van der Waals surface area contributed by atoms with E-state index < -0.39 is 0 Å². The standard InChI is InChI=1S/C34H31N2.ClH.Pt/c1-21-14-31(15-22(2)25(21)5)29-10-12-33(35-19-29)27-8-7-9-28(18-27)34-13-11-30(20-36-34)32-16-23(3)26(6)24(4)17-32;;/h7-17,19-20H,1-6H3;1H;/q-1;;+2/p-1. The van der Waals surface area contributed by atoms with Gasteiger partial charge in [0.05, 0.1) is 0 Å². The van der Waals surface area contributed by atoms with Crippen molar-refractivity contribution in [3.63, 3.8) is 0 Å². The number of benzene rings is 3. The van der Waals surface area contributed by atoms with Crippen LogP contribution in [0.25, 0.3) is 44.8 Å². The molecule has 5 rings (SSSR count). The molecular weight excluding hydrogens is 667 g/mol. The summed E-state index contributed by atoms with van der Waals surface area (Å²) in [4.78, 5) is 9.54. The van der Waals surface area contributed by atoms with Gasteiger partial charge in [-0.2, -0.15) is 0 Å². The van der Waals surface area contributed by atoms with Crippen LogP contribution in [0, 0.1) is 47.6 Å². The van der Waals surface area contributed by atoms with Gasteiger partial charge >= 0.3 is 28.2 Å². The first kappa shape index (κ1) is 28.0. The number of pyridine rings is 2. The first-order valence-corrected chi connectivity index (χ1v) is 15.4. The summed E-state index contributed by atoms with van der Waals surface area (Å²) < 4.78 is 0. The molecule has 0 saturated heterocycles. The molecule has 38 heavy (non-hydrogen) atoms. The van der Waals surface area contributed by atoms with Crippen molar-refractivity contribution in [1.29, 1.82) is 0 Å². The fourth-order valence-corrected chi connectivity index (χ4v) is 4.62. The third kappa shape index (κ3) is 5.98. The van der Waals surface area contributed by atoms with Crippen LogP contribution in [0.3, 0.4) is 0 Å². The SMILES string of the molecule is Cc1cc(-c2ccc(-c3[c-]c(-c4ccc(-c5cc(C)c(C)c(C)c5)cn4)ccc3)nc2)cc(C)c1C.[Cl][Pt+]. The van der Waals surface area contributed by atoms with E-state index in [1.807, 2.05) is 18.5 Å². The van der Waals surface area contributed by atoms with E-state index >= 15 is 0 Å². The van der Waals surface area contributed by atoms with E-state index in [0.717, 1.165) is 33.6 Å². The molecule has 0 radical (unpaired) electrons. The van der Waals surface area contributed by atoms with Crippen LogP contribution in [-0.4, -0.2) is 9.97 Å². The van der Waals surface area contributed by atoms with Crippen LogP contribution in [-0.2, 0) is 18.8 Å². The van der Waals surface area contributed by atoms with Crippen LogP contribution in [0.1, 0.15) is 33.4 Å². The van der Waals surface area contributed by atoms with Crippen LogP contribution >= 0.6 is 9.42 Å². The summed E-state index contributed by atoms with van der Waals surface area (Å²) in [5.74, 6) is 0. The summed E-state index contributed by atoms with van der Waals surface area (Å²) >= 11 is 1.61. The minimum absolute atomic E-state index is 0.906. The Bertz CT molecular complexity index is 1410. The molecule has 0 aliphatic heterocycles. The van der Waals surface area contributed by atoms with Gasteiger partial charge in [-0.25, -0.2) is 0 Å². The molecule has 0 N–H and O–H groups in total. The van der Waals surface area contributed by atoms with Gasteiger partial charge in [0.25, 0.3) is 0 Å². The van der Waals surface area contributed by atoms with Gasteiger partial charge in [0.2, 0.25) is 0 Å². The summed E-state index contributed by atoms with van der Waals surface area (Å²) in [5, 5.41) is 0. The van der Waals surface area contributed by atoms with Crippen molar-refractivity contribution in [3.8, 4) is 44.8 Å². The van der Waals surface area contributed by atoms with Crippen molar-refractivity contribution in [2.24, 2.45) is 0 Å². The molecular formula is C34H31ClN2Pt. The fourth-order valence-electron chi connectivity index (χ4n) is 4.62. The Kier molecular flexibility index (Phi) is 8.98. The van der Waals surface area contributed by atoms with E-state index in [4.69, 9.17) is 9.97 Å². The Morgan fingerprint density at radius 1 is 0.526 bits per heavy atom. The van der Waals surface area contributed by atoms with Crippen molar-refractivity contribution in [2.75, 3.05) is 0 Å². The van der Waals surface area contributed by atoms with Crippen molar-refractivity contribution in [3.05, 3.63) is 119 Å². The summed E-state index contributed by atoms with van der Waals surface area (Å²) in [6.07, 6.45) is 3.91. The number of hydrogen-bond acceptors (Lipinski definition) is 2. The first-order chi connectivity index (χ1) is 18.3. The molecule has 0 aliphatic rings. The van der Waals surface area contributed by atoms with Crippen LogP contribution in [0.4, 0.5) is 0 Å². The summed E-state index contributed by atoms with van der Waals surface area (Å²) in [6, 6.07) is 27.1. The molecule has 2 heterocycles. The summed E-state index contributed by atoms with van der Waals surface area (Å²) in [7, 11) is 4.61. The fraction of sp³-hybridized carbons (Fsp3) is 0.176. The van der Waals surface area contributed by atoms with Gasteiger partial charge in [-0.1, -0.05) is 59.7 Å². The van der Waals surface area contributed by atoms with Crippen molar-refractivity contribution < 1.29 is 18.8 Å².